The molecule has 0 aliphatic carbocycles. The molecule has 3 rings (SSSR count). The van der Waals surface area contributed by atoms with Gasteiger partial charge in [0.05, 0.1) is 6.54 Å². The number of nitrogens with zero attached hydrogens (tertiary/aromatic N) is 3. The third kappa shape index (κ3) is 2.27. The molecule has 1 amide bonds. The van der Waals surface area contributed by atoms with E-state index in [4.69, 9.17) is 8.94 Å². The molecule has 0 aliphatic rings. The molecular formula is C14H13N3O3. The van der Waals surface area contributed by atoms with Gasteiger partial charge in [0, 0.05) is 19.4 Å². The van der Waals surface area contributed by atoms with Crippen LogP contribution in [0.4, 0.5) is 0 Å². The highest BCUT2D eigenvalue weighted by atomic mass is 16.5. The Bertz CT molecular complexity index is 727. The summed E-state index contributed by atoms with van der Waals surface area (Å²) >= 11 is 0. The van der Waals surface area contributed by atoms with E-state index in [1.54, 1.807) is 7.05 Å². The normalized spacial score (nSPS) is 10.9. The minimum Gasteiger partial charge on any atom is -0.453 e. The highest BCUT2D eigenvalue weighted by Crippen LogP contribution is 2.25. The number of benzene rings is 1. The summed E-state index contributed by atoms with van der Waals surface area (Å²) in [7, 11) is 1.67. The molecule has 0 saturated carbocycles. The van der Waals surface area contributed by atoms with Crippen LogP contribution in [0.25, 0.3) is 22.6 Å². The molecular weight excluding hydrogens is 258 g/mol. The molecule has 102 valence electrons. The summed E-state index contributed by atoms with van der Waals surface area (Å²) in [6, 6.07) is 9.53. The first-order valence-electron chi connectivity index (χ1n) is 6.17. The zero-order valence-electron chi connectivity index (χ0n) is 11.2. The molecule has 2 aromatic heterocycles. The lowest BCUT2D eigenvalue weighted by molar-refractivity contribution is -0.128. The van der Waals surface area contributed by atoms with Crippen LogP contribution in [0.5, 0.6) is 0 Å². The van der Waals surface area contributed by atoms with Crippen LogP contribution in [0, 0.1) is 0 Å². The monoisotopic (exact) mass is 271 g/mol. The molecule has 0 N–H and O–H groups in total. The van der Waals surface area contributed by atoms with Crippen molar-refractivity contribution in [2.45, 2.75) is 13.5 Å². The summed E-state index contributed by atoms with van der Waals surface area (Å²) in [4.78, 5) is 16.9. The van der Waals surface area contributed by atoms with E-state index in [9.17, 15) is 4.79 Å². The summed E-state index contributed by atoms with van der Waals surface area (Å²) < 4.78 is 10.8. The lowest BCUT2D eigenvalue weighted by Crippen LogP contribution is -2.23. The van der Waals surface area contributed by atoms with Gasteiger partial charge in [0.1, 0.15) is 5.58 Å². The summed E-state index contributed by atoms with van der Waals surface area (Å²) in [5, 5.41) is 4.86. The lowest BCUT2D eigenvalue weighted by atomic mass is 10.2. The minimum atomic E-state index is -0.0616. The Labute approximate surface area is 115 Å². The second-order valence-electron chi connectivity index (χ2n) is 4.54. The van der Waals surface area contributed by atoms with Crippen molar-refractivity contribution < 1.29 is 13.7 Å². The fraction of sp³-hybridized carbons (Fsp3) is 0.214. The van der Waals surface area contributed by atoms with Gasteiger partial charge < -0.3 is 13.8 Å². The Kier molecular flexibility index (Phi) is 2.98. The van der Waals surface area contributed by atoms with Crippen LogP contribution < -0.4 is 0 Å². The third-order valence-electron chi connectivity index (χ3n) is 3.02. The standard InChI is InChI=1S/C14H13N3O3/c1-9(18)17(2)8-13-15-14(16-20-13)12-7-10-5-3-4-6-11(10)19-12/h3-7H,8H2,1-2H3. The van der Waals surface area contributed by atoms with E-state index in [1.807, 2.05) is 30.3 Å². The molecule has 0 atom stereocenters. The molecule has 0 radical (unpaired) electrons. The van der Waals surface area contributed by atoms with Crippen molar-refractivity contribution in [2.75, 3.05) is 7.05 Å². The molecule has 0 bridgehead atoms. The van der Waals surface area contributed by atoms with Gasteiger partial charge in [-0.3, -0.25) is 4.79 Å². The Morgan fingerprint density at radius 2 is 2.15 bits per heavy atom. The van der Waals surface area contributed by atoms with Crippen molar-refractivity contribution in [3.05, 3.63) is 36.2 Å². The number of fused-ring (bicyclic) bond motifs is 1. The smallest absolute Gasteiger partial charge is 0.246 e. The first kappa shape index (κ1) is 12.4. The van der Waals surface area contributed by atoms with Gasteiger partial charge in [-0.05, 0) is 12.1 Å². The highest BCUT2D eigenvalue weighted by molar-refractivity contribution is 5.81. The lowest BCUT2D eigenvalue weighted by Gasteiger charge is -2.10. The van der Waals surface area contributed by atoms with Crippen molar-refractivity contribution >= 4 is 16.9 Å². The molecule has 0 saturated heterocycles. The number of rotatable bonds is 3. The van der Waals surface area contributed by atoms with E-state index in [2.05, 4.69) is 10.1 Å². The average Bonchev–Trinajstić information content (AvgIpc) is 3.03. The maximum atomic E-state index is 11.2. The molecule has 0 spiro atoms. The van der Waals surface area contributed by atoms with Crippen molar-refractivity contribution in [1.82, 2.24) is 15.0 Å². The SMILES string of the molecule is CC(=O)N(C)Cc1nc(-c2cc3ccccc3o2)no1. The van der Waals surface area contributed by atoms with E-state index < -0.39 is 0 Å². The Balaban J connectivity index is 1.87. The van der Waals surface area contributed by atoms with Crippen molar-refractivity contribution in [1.29, 1.82) is 0 Å². The predicted molar refractivity (Wildman–Crippen MR) is 71.7 cm³/mol. The molecule has 1 aromatic carbocycles. The fourth-order valence-electron chi connectivity index (χ4n) is 1.83. The number of hydrogen-bond acceptors (Lipinski definition) is 5. The van der Waals surface area contributed by atoms with Crippen molar-refractivity contribution in [3.63, 3.8) is 0 Å². The highest BCUT2D eigenvalue weighted by Gasteiger charge is 2.15. The maximum absolute atomic E-state index is 11.2. The number of furan rings is 1. The third-order valence-corrected chi connectivity index (χ3v) is 3.02. The van der Waals surface area contributed by atoms with Gasteiger partial charge >= 0.3 is 0 Å². The molecule has 0 unspecified atom stereocenters. The first-order chi connectivity index (χ1) is 9.63. The van der Waals surface area contributed by atoms with Crippen LogP contribution in [0.1, 0.15) is 12.8 Å². The Hall–Kier alpha value is -2.63. The van der Waals surface area contributed by atoms with Gasteiger partial charge in [-0.1, -0.05) is 23.4 Å². The van der Waals surface area contributed by atoms with E-state index in [-0.39, 0.29) is 12.5 Å². The van der Waals surface area contributed by atoms with Gasteiger partial charge in [0.25, 0.3) is 0 Å². The summed E-state index contributed by atoms with van der Waals surface area (Å²) in [5.74, 6) is 1.24. The van der Waals surface area contributed by atoms with E-state index >= 15 is 0 Å². The topological polar surface area (TPSA) is 72.4 Å². The summed E-state index contributed by atoms with van der Waals surface area (Å²) in [6.45, 7) is 1.76. The molecule has 6 nitrogen and oxygen atoms in total. The Morgan fingerprint density at radius 3 is 2.90 bits per heavy atom. The summed E-state index contributed by atoms with van der Waals surface area (Å²) in [5.41, 5.74) is 0.773. The van der Waals surface area contributed by atoms with Crippen LogP contribution in [-0.2, 0) is 11.3 Å². The molecule has 0 fully saturated rings. The van der Waals surface area contributed by atoms with Gasteiger partial charge in [0.15, 0.2) is 5.76 Å². The molecule has 3 aromatic rings. The maximum Gasteiger partial charge on any atom is 0.246 e. The molecule has 2 heterocycles. The van der Waals surface area contributed by atoms with Crippen LogP contribution in [0.3, 0.4) is 0 Å². The van der Waals surface area contributed by atoms with E-state index in [1.165, 1.54) is 11.8 Å². The predicted octanol–water partition coefficient (Wildman–Crippen LogP) is 2.46. The summed E-state index contributed by atoms with van der Waals surface area (Å²) in [6.07, 6.45) is 0. The van der Waals surface area contributed by atoms with Crippen LogP contribution in [0.15, 0.2) is 39.3 Å². The minimum absolute atomic E-state index is 0.0616. The van der Waals surface area contributed by atoms with Crippen LogP contribution >= 0.6 is 0 Å². The van der Waals surface area contributed by atoms with Gasteiger partial charge in [-0.2, -0.15) is 4.98 Å². The zero-order valence-corrected chi connectivity index (χ0v) is 11.2. The van der Waals surface area contributed by atoms with Crippen LogP contribution in [0.2, 0.25) is 0 Å². The number of aromatic nitrogens is 2. The van der Waals surface area contributed by atoms with Crippen LogP contribution in [-0.4, -0.2) is 28.0 Å². The zero-order chi connectivity index (χ0) is 14.1. The van der Waals surface area contributed by atoms with Crippen molar-refractivity contribution in [2.24, 2.45) is 0 Å². The Morgan fingerprint density at radius 1 is 1.35 bits per heavy atom. The van der Waals surface area contributed by atoms with Gasteiger partial charge in [-0.15, -0.1) is 0 Å². The average molecular weight is 271 g/mol. The molecule has 6 heteroatoms. The quantitative estimate of drug-likeness (QED) is 0.731. The number of carbonyl (C=O) groups excluding carboxylic acids is 1. The second-order valence-corrected chi connectivity index (χ2v) is 4.54. The van der Waals surface area contributed by atoms with Gasteiger partial charge in [-0.25, -0.2) is 0 Å². The largest absolute Gasteiger partial charge is 0.453 e. The van der Waals surface area contributed by atoms with Crippen molar-refractivity contribution in [3.8, 4) is 11.6 Å². The number of carbonyl (C=O) groups is 1. The van der Waals surface area contributed by atoms with E-state index in [0.717, 1.165) is 11.0 Å². The van der Waals surface area contributed by atoms with Gasteiger partial charge in [0.2, 0.25) is 17.6 Å². The number of para-hydroxylation sites is 1. The van der Waals surface area contributed by atoms with E-state index in [0.29, 0.717) is 17.5 Å². The second kappa shape index (κ2) is 4.80. The number of amides is 1. The molecule has 0 aliphatic heterocycles. The fourth-order valence-corrected chi connectivity index (χ4v) is 1.83. The first-order valence-corrected chi connectivity index (χ1v) is 6.17. The molecule has 20 heavy (non-hydrogen) atoms. The number of hydrogen-bond donors (Lipinski definition) is 0.